The summed E-state index contributed by atoms with van der Waals surface area (Å²) in [6, 6.07) is 0. The zero-order valence-corrected chi connectivity index (χ0v) is 42.0. The number of hydrogen-bond acceptors (Lipinski definition) is 11. The molecule has 0 bridgehead atoms. The quantitative estimate of drug-likeness (QED) is 0.0197. The summed E-state index contributed by atoms with van der Waals surface area (Å²) in [5.41, 5.74) is 0. The van der Waals surface area contributed by atoms with E-state index in [-0.39, 0.29) is 19.6 Å². The molecule has 4 N–H and O–H groups in total. The summed E-state index contributed by atoms with van der Waals surface area (Å²) in [6.45, 7) is 3.74. The molecule has 0 spiro atoms. The number of allylic oxidation sites excluding steroid dienone is 16. The number of aliphatic hydroxyl groups excluding tert-OH is 3. The predicted molar refractivity (Wildman–Crippen MR) is 271 cm³/mol. The van der Waals surface area contributed by atoms with E-state index in [4.69, 9.17) is 18.9 Å². The van der Waals surface area contributed by atoms with Crippen LogP contribution in [0.15, 0.2) is 97.2 Å². The summed E-state index contributed by atoms with van der Waals surface area (Å²) >= 11 is 0. The number of esters is 1. The molecule has 0 amide bonds. The molecule has 1 saturated heterocycles. The molecule has 12 nitrogen and oxygen atoms in total. The van der Waals surface area contributed by atoms with E-state index in [1.807, 2.05) is 0 Å². The van der Waals surface area contributed by atoms with Crippen LogP contribution < -0.4 is 0 Å². The molecule has 0 aliphatic carbocycles. The first kappa shape index (κ1) is 62.0. The molecule has 1 aliphatic heterocycles. The highest BCUT2D eigenvalue weighted by atomic mass is 32.3. The van der Waals surface area contributed by atoms with Gasteiger partial charge in [0.05, 0.1) is 19.8 Å². The Hall–Kier alpha value is -2.98. The zero-order chi connectivity index (χ0) is 48.9. The third-order valence-corrected chi connectivity index (χ3v) is 11.4. The van der Waals surface area contributed by atoms with Gasteiger partial charge in [-0.25, -0.2) is 4.18 Å². The van der Waals surface area contributed by atoms with Crippen LogP contribution in [0.3, 0.4) is 0 Å². The van der Waals surface area contributed by atoms with E-state index in [9.17, 15) is 33.1 Å². The van der Waals surface area contributed by atoms with Crippen molar-refractivity contribution in [2.75, 3.05) is 26.4 Å². The van der Waals surface area contributed by atoms with Gasteiger partial charge >= 0.3 is 16.4 Å². The number of unbranched alkanes of at least 4 members (excludes halogenated alkanes) is 14. The smallest absolute Gasteiger partial charge is 0.397 e. The van der Waals surface area contributed by atoms with Gasteiger partial charge in [0.2, 0.25) is 0 Å². The van der Waals surface area contributed by atoms with Crippen LogP contribution in [0.2, 0.25) is 0 Å². The van der Waals surface area contributed by atoms with E-state index in [1.54, 1.807) is 0 Å². The highest BCUT2D eigenvalue weighted by molar-refractivity contribution is 7.80. The minimum absolute atomic E-state index is 0.00342. The van der Waals surface area contributed by atoms with E-state index in [0.29, 0.717) is 13.0 Å². The second-order valence-electron chi connectivity index (χ2n) is 17.0. The Balaban J connectivity index is 2.42. The van der Waals surface area contributed by atoms with Crippen molar-refractivity contribution in [1.29, 1.82) is 0 Å². The minimum atomic E-state index is -5.08. The molecule has 0 saturated carbocycles. The van der Waals surface area contributed by atoms with Crippen molar-refractivity contribution in [1.82, 2.24) is 0 Å². The van der Waals surface area contributed by atoms with Crippen LogP contribution in [0.5, 0.6) is 0 Å². The lowest BCUT2D eigenvalue weighted by Gasteiger charge is -2.41. The molecule has 1 rings (SSSR count). The zero-order valence-electron chi connectivity index (χ0n) is 41.2. The van der Waals surface area contributed by atoms with E-state index in [1.165, 1.54) is 44.9 Å². The number of hydrogen-bond donors (Lipinski definition) is 4. The predicted octanol–water partition coefficient (Wildman–Crippen LogP) is 11.8. The Bertz CT molecular complexity index is 1530. The van der Waals surface area contributed by atoms with Crippen molar-refractivity contribution >= 4 is 16.4 Å². The summed E-state index contributed by atoms with van der Waals surface area (Å²) < 4.78 is 59.2. The van der Waals surface area contributed by atoms with Gasteiger partial charge in [-0.15, -0.1) is 0 Å². The van der Waals surface area contributed by atoms with Crippen LogP contribution in [0.1, 0.15) is 174 Å². The van der Waals surface area contributed by atoms with E-state index >= 15 is 0 Å². The van der Waals surface area contributed by atoms with Gasteiger partial charge in [-0.3, -0.25) is 9.35 Å². The number of carbonyl (C=O) groups is 1. The fraction of sp³-hybridized carbons (Fsp3) is 0.685. The van der Waals surface area contributed by atoms with Crippen LogP contribution in [0.25, 0.3) is 0 Å². The monoisotopic (exact) mass is 963 g/mol. The highest BCUT2D eigenvalue weighted by Gasteiger charge is 2.48. The Morgan fingerprint density at radius 3 is 1.52 bits per heavy atom. The van der Waals surface area contributed by atoms with Crippen LogP contribution >= 0.6 is 0 Å². The summed E-state index contributed by atoms with van der Waals surface area (Å²) in [5.74, 6) is -0.427. The maximum absolute atomic E-state index is 12.9. The van der Waals surface area contributed by atoms with Crippen LogP contribution in [0, 0.1) is 0 Å². The number of ether oxygens (including phenoxy) is 4. The molecule has 1 heterocycles. The number of aliphatic hydroxyl groups is 3. The van der Waals surface area contributed by atoms with E-state index < -0.39 is 59.8 Å². The second kappa shape index (κ2) is 44.2. The molecular weight excluding hydrogens is 873 g/mol. The normalized spacial score (nSPS) is 20.2. The highest BCUT2D eigenvalue weighted by Crippen LogP contribution is 2.26. The Kier molecular flexibility index (Phi) is 41.0. The van der Waals surface area contributed by atoms with E-state index in [2.05, 4.69) is 115 Å². The van der Waals surface area contributed by atoms with Gasteiger partial charge in [-0.1, -0.05) is 169 Å². The van der Waals surface area contributed by atoms with Crippen molar-refractivity contribution in [3.8, 4) is 0 Å². The maximum Gasteiger partial charge on any atom is 0.397 e. The van der Waals surface area contributed by atoms with Gasteiger partial charge in [0.1, 0.15) is 30.5 Å². The molecule has 0 radical (unpaired) electrons. The first-order valence-corrected chi connectivity index (χ1v) is 26.9. The summed E-state index contributed by atoms with van der Waals surface area (Å²) in [7, 11) is -5.08. The van der Waals surface area contributed by atoms with Crippen molar-refractivity contribution in [3.05, 3.63) is 97.2 Å². The molecule has 0 aromatic heterocycles. The van der Waals surface area contributed by atoms with Gasteiger partial charge < -0.3 is 34.3 Å². The molecule has 0 aromatic carbocycles. The Morgan fingerprint density at radius 2 is 1.03 bits per heavy atom. The van der Waals surface area contributed by atoms with Gasteiger partial charge in [0, 0.05) is 13.0 Å². The van der Waals surface area contributed by atoms with E-state index in [0.717, 1.165) is 103 Å². The maximum atomic E-state index is 12.9. The fourth-order valence-electron chi connectivity index (χ4n) is 7.12. The molecule has 1 aliphatic rings. The molecule has 1 fully saturated rings. The van der Waals surface area contributed by atoms with Gasteiger partial charge in [-0.05, 0) is 96.3 Å². The van der Waals surface area contributed by atoms with Crippen molar-refractivity contribution in [2.24, 2.45) is 0 Å². The summed E-state index contributed by atoms with van der Waals surface area (Å²) in [6.07, 6.45) is 51.6. The molecule has 13 heteroatoms. The van der Waals surface area contributed by atoms with Crippen LogP contribution in [-0.4, -0.2) is 97.5 Å². The van der Waals surface area contributed by atoms with Crippen LogP contribution in [0.4, 0.5) is 0 Å². The van der Waals surface area contributed by atoms with Gasteiger partial charge in [0.15, 0.2) is 6.29 Å². The lowest BCUT2D eigenvalue weighted by molar-refractivity contribution is -0.301. The van der Waals surface area contributed by atoms with Crippen molar-refractivity contribution < 1.29 is 56.2 Å². The largest absolute Gasteiger partial charge is 0.457 e. The number of carbonyl (C=O) groups excluding carboxylic acids is 1. The average Bonchev–Trinajstić information content (AvgIpc) is 3.30. The molecule has 6 atom stereocenters. The molecule has 384 valence electrons. The SMILES string of the molecule is CC/C=C\C/C=C\C/C=C\C/C=C\C/C=C\C/C=C\C/C=C\CCCCOCC(COC1OC(CO)C(O)C(OS(=O)(=O)O)C1O)OC(=O)CCCCCCC/C=C\CCCCCCCCC. The first-order chi connectivity index (χ1) is 32.6. The van der Waals surface area contributed by atoms with Crippen molar-refractivity contribution in [2.45, 2.75) is 211 Å². The van der Waals surface area contributed by atoms with Crippen LogP contribution in [-0.2, 0) is 38.3 Å². The Labute approximate surface area is 406 Å². The number of rotatable bonds is 43. The lowest BCUT2D eigenvalue weighted by atomic mass is 9.99. The third-order valence-electron chi connectivity index (χ3n) is 10.9. The third kappa shape index (κ3) is 37.6. The van der Waals surface area contributed by atoms with Gasteiger partial charge in [-0.2, -0.15) is 8.42 Å². The fourth-order valence-corrected chi connectivity index (χ4v) is 7.63. The molecule has 67 heavy (non-hydrogen) atoms. The molecule has 0 aromatic rings. The first-order valence-electron chi connectivity index (χ1n) is 25.5. The molecular formula is C54H90O12S. The average molecular weight is 963 g/mol. The topological polar surface area (TPSA) is 178 Å². The second-order valence-corrected chi connectivity index (χ2v) is 18.1. The van der Waals surface area contributed by atoms with Crippen molar-refractivity contribution in [3.63, 3.8) is 0 Å². The Morgan fingerprint density at radius 1 is 0.582 bits per heavy atom. The minimum Gasteiger partial charge on any atom is -0.457 e. The lowest BCUT2D eigenvalue weighted by Crippen LogP contribution is -2.60. The molecule has 6 unspecified atom stereocenters. The summed E-state index contributed by atoms with van der Waals surface area (Å²) in [5, 5.41) is 30.7. The standard InChI is InChI=1S/C54H90O12S/c1-3-5-7-9-11-13-15-17-19-21-22-23-24-25-26-27-28-30-32-34-36-38-40-42-44-62-46-48(47-63-54-52(58)53(66-67(59,60)61)51(57)49(45-55)65-54)64-50(56)43-41-39-37-35-33-31-29-20-18-16-14-12-10-8-6-4-2/h5,7,11,13,17,19-20,22-23,25-26,28-30,34,36,48-49,51-55,57-58H,3-4,6,8-10,12,14-16,18,21,24,27,31-33,35,37-47H2,1-2H3,(H,59,60,61)/b7-5-,13-11-,19-17-,23-22-,26-25-,29-20-,30-28-,36-34-. The summed E-state index contributed by atoms with van der Waals surface area (Å²) in [4.78, 5) is 12.9. The van der Waals surface area contributed by atoms with Gasteiger partial charge in [0.25, 0.3) is 0 Å².